The van der Waals surface area contributed by atoms with E-state index < -0.39 is 0 Å². The molecule has 0 saturated carbocycles. The first-order valence-corrected chi connectivity index (χ1v) is 5.24. The van der Waals surface area contributed by atoms with E-state index in [1.807, 2.05) is 24.9 Å². The van der Waals surface area contributed by atoms with Crippen molar-refractivity contribution in [3.8, 4) is 0 Å². The van der Waals surface area contributed by atoms with Crippen LogP contribution in [-0.2, 0) is 13.6 Å². The Kier molecular flexibility index (Phi) is 3.05. The molecule has 0 atom stereocenters. The van der Waals surface area contributed by atoms with Crippen LogP contribution in [0.15, 0.2) is 18.5 Å². The largest absolute Gasteiger partial charge is 0.366 e. The van der Waals surface area contributed by atoms with Crippen molar-refractivity contribution < 1.29 is 0 Å². The Bertz CT molecular complexity index is 494. The molecule has 0 bridgehead atoms. The van der Waals surface area contributed by atoms with Crippen molar-refractivity contribution in [3.05, 3.63) is 35.0 Å². The molecule has 16 heavy (non-hydrogen) atoms. The first kappa shape index (κ1) is 10.9. The average molecular weight is 238 g/mol. The SMILES string of the molecule is Cc1c(CNc2ccnc(Cl)n2)cnn1C. The van der Waals surface area contributed by atoms with Crippen molar-refractivity contribution >= 4 is 17.4 Å². The van der Waals surface area contributed by atoms with Crippen LogP contribution in [0.25, 0.3) is 0 Å². The zero-order valence-corrected chi connectivity index (χ0v) is 9.86. The number of nitrogens with one attached hydrogen (secondary N) is 1. The molecule has 0 amide bonds. The number of hydrogen-bond donors (Lipinski definition) is 1. The van der Waals surface area contributed by atoms with Crippen molar-refractivity contribution in [2.75, 3.05) is 5.32 Å². The summed E-state index contributed by atoms with van der Waals surface area (Å²) in [6.45, 7) is 2.70. The molecule has 0 fully saturated rings. The lowest BCUT2D eigenvalue weighted by molar-refractivity contribution is 0.738. The number of anilines is 1. The van der Waals surface area contributed by atoms with Crippen LogP contribution in [0, 0.1) is 6.92 Å². The maximum Gasteiger partial charge on any atom is 0.224 e. The smallest absolute Gasteiger partial charge is 0.224 e. The van der Waals surface area contributed by atoms with Gasteiger partial charge in [0, 0.05) is 31.0 Å². The highest BCUT2D eigenvalue weighted by Gasteiger charge is 2.03. The van der Waals surface area contributed by atoms with Gasteiger partial charge in [0.1, 0.15) is 5.82 Å². The summed E-state index contributed by atoms with van der Waals surface area (Å²) in [6, 6.07) is 1.78. The third-order valence-corrected chi connectivity index (χ3v) is 2.61. The van der Waals surface area contributed by atoms with Gasteiger partial charge < -0.3 is 5.32 Å². The monoisotopic (exact) mass is 237 g/mol. The van der Waals surface area contributed by atoms with E-state index in [1.54, 1.807) is 12.3 Å². The molecule has 0 unspecified atom stereocenters. The lowest BCUT2D eigenvalue weighted by Crippen LogP contribution is -2.03. The Morgan fingerprint density at radius 1 is 1.50 bits per heavy atom. The fourth-order valence-corrected chi connectivity index (χ4v) is 1.48. The number of halogens is 1. The van der Waals surface area contributed by atoms with Crippen LogP contribution in [0.3, 0.4) is 0 Å². The van der Waals surface area contributed by atoms with Crippen molar-refractivity contribution in [3.63, 3.8) is 0 Å². The third-order valence-electron chi connectivity index (χ3n) is 2.42. The predicted octanol–water partition coefficient (Wildman–Crippen LogP) is 1.78. The predicted molar refractivity (Wildman–Crippen MR) is 62.3 cm³/mol. The summed E-state index contributed by atoms with van der Waals surface area (Å²) >= 11 is 5.68. The van der Waals surface area contributed by atoms with E-state index in [-0.39, 0.29) is 5.28 Å². The number of aryl methyl sites for hydroxylation is 1. The Hall–Kier alpha value is -1.62. The van der Waals surface area contributed by atoms with Gasteiger partial charge in [0.25, 0.3) is 0 Å². The van der Waals surface area contributed by atoms with Gasteiger partial charge in [-0.2, -0.15) is 5.10 Å². The Balaban J connectivity index is 2.05. The van der Waals surface area contributed by atoms with Crippen molar-refractivity contribution in [1.82, 2.24) is 19.7 Å². The van der Waals surface area contributed by atoms with Gasteiger partial charge >= 0.3 is 0 Å². The molecule has 1 N–H and O–H groups in total. The zero-order valence-electron chi connectivity index (χ0n) is 9.11. The normalized spacial score (nSPS) is 10.4. The molecule has 0 spiro atoms. The second kappa shape index (κ2) is 4.49. The van der Waals surface area contributed by atoms with Crippen molar-refractivity contribution in [2.24, 2.45) is 7.05 Å². The molecule has 5 nitrogen and oxygen atoms in total. The number of rotatable bonds is 3. The summed E-state index contributed by atoms with van der Waals surface area (Å²) in [5.41, 5.74) is 2.27. The Labute approximate surface area is 98.5 Å². The van der Waals surface area contributed by atoms with Crippen molar-refractivity contribution in [2.45, 2.75) is 13.5 Å². The summed E-state index contributed by atoms with van der Waals surface area (Å²) in [6.07, 6.45) is 3.46. The number of nitrogens with zero attached hydrogens (tertiary/aromatic N) is 4. The van der Waals surface area contributed by atoms with Gasteiger partial charge in [0.15, 0.2) is 0 Å². The molecular weight excluding hydrogens is 226 g/mol. The fourth-order valence-electron chi connectivity index (χ4n) is 1.34. The first-order chi connectivity index (χ1) is 7.66. The molecule has 0 aliphatic carbocycles. The summed E-state index contributed by atoms with van der Waals surface area (Å²) in [4.78, 5) is 7.86. The quantitative estimate of drug-likeness (QED) is 0.827. The van der Waals surface area contributed by atoms with Crippen LogP contribution in [0.5, 0.6) is 0 Å². The minimum absolute atomic E-state index is 0.243. The van der Waals surface area contributed by atoms with Crippen LogP contribution in [-0.4, -0.2) is 19.7 Å². The second-order valence-corrected chi connectivity index (χ2v) is 3.78. The first-order valence-electron chi connectivity index (χ1n) is 4.86. The molecule has 0 radical (unpaired) electrons. The van der Waals surface area contributed by atoms with E-state index >= 15 is 0 Å². The van der Waals surface area contributed by atoms with Gasteiger partial charge in [0.05, 0.1) is 6.20 Å². The molecule has 2 aromatic rings. The molecule has 6 heteroatoms. The lowest BCUT2D eigenvalue weighted by Gasteiger charge is -2.04. The van der Waals surface area contributed by atoms with E-state index in [2.05, 4.69) is 20.4 Å². The average Bonchev–Trinajstić information content (AvgIpc) is 2.57. The third kappa shape index (κ3) is 2.30. The van der Waals surface area contributed by atoms with Crippen LogP contribution in [0.1, 0.15) is 11.3 Å². The zero-order chi connectivity index (χ0) is 11.5. The van der Waals surface area contributed by atoms with E-state index in [4.69, 9.17) is 11.6 Å². The van der Waals surface area contributed by atoms with Gasteiger partial charge in [-0.1, -0.05) is 0 Å². The molecule has 0 saturated heterocycles. The topological polar surface area (TPSA) is 55.6 Å². The van der Waals surface area contributed by atoms with E-state index in [0.29, 0.717) is 12.4 Å². The van der Waals surface area contributed by atoms with Gasteiger partial charge in [0.2, 0.25) is 5.28 Å². The van der Waals surface area contributed by atoms with Gasteiger partial charge in [-0.25, -0.2) is 9.97 Å². The van der Waals surface area contributed by atoms with Crippen LogP contribution in [0.4, 0.5) is 5.82 Å². The highest BCUT2D eigenvalue weighted by atomic mass is 35.5. The van der Waals surface area contributed by atoms with Gasteiger partial charge in [-0.3, -0.25) is 4.68 Å². The lowest BCUT2D eigenvalue weighted by atomic mass is 10.2. The second-order valence-electron chi connectivity index (χ2n) is 3.44. The van der Waals surface area contributed by atoms with E-state index in [1.165, 1.54) is 0 Å². The molecule has 2 rings (SSSR count). The molecular formula is C10H12ClN5. The highest BCUT2D eigenvalue weighted by Crippen LogP contribution is 2.10. The fraction of sp³-hybridized carbons (Fsp3) is 0.300. The van der Waals surface area contributed by atoms with Gasteiger partial charge in [-0.15, -0.1) is 0 Å². The Morgan fingerprint density at radius 2 is 2.31 bits per heavy atom. The molecule has 0 aromatic carbocycles. The minimum atomic E-state index is 0.243. The van der Waals surface area contributed by atoms with Crippen LogP contribution < -0.4 is 5.32 Å². The van der Waals surface area contributed by atoms with Gasteiger partial charge in [-0.05, 0) is 24.6 Å². The molecule has 84 valence electrons. The van der Waals surface area contributed by atoms with Crippen molar-refractivity contribution in [1.29, 1.82) is 0 Å². The van der Waals surface area contributed by atoms with Crippen LogP contribution >= 0.6 is 11.6 Å². The maximum atomic E-state index is 5.68. The Morgan fingerprint density at radius 3 is 2.94 bits per heavy atom. The molecule has 2 heterocycles. The number of aromatic nitrogens is 4. The maximum absolute atomic E-state index is 5.68. The van der Waals surface area contributed by atoms with E-state index in [0.717, 1.165) is 11.3 Å². The standard InChI is InChI=1S/C10H12ClN5/c1-7-8(6-14-16(7)2)5-13-9-3-4-12-10(11)15-9/h3-4,6H,5H2,1-2H3,(H,12,13,15). The summed E-state index contributed by atoms with van der Waals surface area (Å²) in [7, 11) is 1.92. The molecule has 0 aliphatic heterocycles. The van der Waals surface area contributed by atoms with Crippen LogP contribution in [0.2, 0.25) is 5.28 Å². The summed E-state index contributed by atoms with van der Waals surface area (Å²) in [5.74, 6) is 0.711. The molecule has 2 aromatic heterocycles. The summed E-state index contributed by atoms with van der Waals surface area (Å²) < 4.78 is 1.84. The highest BCUT2D eigenvalue weighted by molar-refractivity contribution is 6.28. The van der Waals surface area contributed by atoms with E-state index in [9.17, 15) is 0 Å². The molecule has 0 aliphatic rings. The summed E-state index contributed by atoms with van der Waals surface area (Å²) in [5, 5.41) is 7.57. The number of hydrogen-bond acceptors (Lipinski definition) is 4. The minimum Gasteiger partial charge on any atom is -0.366 e.